The lowest BCUT2D eigenvalue weighted by Gasteiger charge is -2.03. The summed E-state index contributed by atoms with van der Waals surface area (Å²) in [5.41, 5.74) is 3.93. The summed E-state index contributed by atoms with van der Waals surface area (Å²) in [6.45, 7) is 0. The summed E-state index contributed by atoms with van der Waals surface area (Å²) >= 11 is 0. The van der Waals surface area contributed by atoms with E-state index in [2.05, 4.69) is 34.2 Å². The molecule has 0 spiro atoms. The Labute approximate surface area is 104 Å². The summed E-state index contributed by atoms with van der Waals surface area (Å²) in [5, 5.41) is 2.26. The number of hydrogen-bond acceptors (Lipinski definition) is 2. The molecular weight excluding hydrogens is 220 g/mol. The molecular formula is C16H10N2. The monoisotopic (exact) mass is 230 g/mol. The normalized spacial score (nSPS) is 11.3. The molecule has 0 aliphatic carbocycles. The van der Waals surface area contributed by atoms with E-state index in [-0.39, 0.29) is 0 Å². The van der Waals surface area contributed by atoms with E-state index in [4.69, 9.17) is 0 Å². The van der Waals surface area contributed by atoms with E-state index < -0.39 is 0 Å². The predicted molar refractivity (Wildman–Crippen MR) is 74.6 cm³/mol. The number of fused-ring (bicyclic) bond motifs is 3. The van der Waals surface area contributed by atoms with Crippen molar-refractivity contribution in [2.75, 3.05) is 0 Å². The summed E-state index contributed by atoms with van der Waals surface area (Å²) in [6.07, 6.45) is 0. The van der Waals surface area contributed by atoms with Crippen LogP contribution in [0.3, 0.4) is 0 Å². The Balaban J connectivity index is 2.20. The maximum absolute atomic E-state index is 4.67. The maximum atomic E-state index is 4.67. The number of pyridine rings is 2. The molecule has 4 rings (SSSR count). The van der Waals surface area contributed by atoms with Gasteiger partial charge in [-0.3, -0.25) is 0 Å². The number of benzene rings is 2. The molecule has 0 unspecified atom stereocenters. The lowest BCUT2D eigenvalue weighted by Crippen LogP contribution is -1.86. The minimum Gasteiger partial charge on any atom is -0.246 e. The van der Waals surface area contributed by atoms with Gasteiger partial charge in [0.25, 0.3) is 0 Å². The highest BCUT2D eigenvalue weighted by Gasteiger charge is 2.02. The van der Waals surface area contributed by atoms with E-state index in [9.17, 15) is 0 Å². The van der Waals surface area contributed by atoms with Crippen molar-refractivity contribution in [3.63, 3.8) is 0 Å². The van der Waals surface area contributed by atoms with Crippen LogP contribution in [0.5, 0.6) is 0 Å². The molecule has 2 heterocycles. The molecule has 4 aromatic rings. The third-order valence-electron chi connectivity index (χ3n) is 3.20. The second-order valence-corrected chi connectivity index (χ2v) is 4.40. The third-order valence-corrected chi connectivity index (χ3v) is 3.20. The first-order valence-corrected chi connectivity index (χ1v) is 5.95. The molecule has 0 aliphatic rings. The number of rotatable bonds is 0. The van der Waals surface area contributed by atoms with E-state index in [1.165, 1.54) is 0 Å². The average molecular weight is 230 g/mol. The van der Waals surface area contributed by atoms with Crippen molar-refractivity contribution in [1.82, 2.24) is 9.97 Å². The van der Waals surface area contributed by atoms with Crippen LogP contribution < -0.4 is 0 Å². The van der Waals surface area contributed by atoms with Gasteiger partial charge in [0.1, 0.15) is 0 Å². The smallest absolute Gasteiger partial charge is 0.0900 e. The highest BCUT2D eigenvalue weighted by molar-refractivity contribution is 5.96. The van der Waals surface area contributed by atoms with Gasteiger partial charge < -0.3 is 0 Å². The minimum atomic E-state index is 0.951. The van der Waals surface area contributed by atoms with Crippen molar-refractivity contribution in [3.8, 4) is 0 Å². The summed E-state index contributed by atoms with van der Waals surface area (Å²) in [5.74, 6) is 0. The van der Waals surface area contributed by atoms with Gasteiger partial charge in [0.05, 0.1) is 22.1 Å². The van der Waals surface area contributed by atoms with E-state index >= 15 is 0 Å². The third kappa shape index (κ3) is 1.36. The van der Waals surface area contributed by atoms with E-state index in [0.717, 1.165) is 32.8 Å². The first-order chi connectivity index (χ1) is 8.90. The number of hydrogen-bond donors (Lipinski definition) is 0. The highest BCUT2D eigenvalue weighted by atomic mass is 14.8. The molecule has 2 aromatic carbocycles. The van der Waals surface area contributed by atoms with Gasteiger partial charge in [-0.1, -0.05) is 36.4 Å². The van der Waals surface area contributed by atoms with Crippen LogP contribution in [-0.4, -0.2) is 9.97 Å². The molecule has 0 saturated heterocycles. The summed E-state index contributed by atoms with van der Waals surface area (Å²) in [6, 6.07) is 20.5. The molecule has 0 amide bonds. The van der Waals surface area contributed by atoms with Crippen molar-refractivity contribution < 1.29 is 0 Å². The lowest BCUT2D eigenvalue weighted by atomic mass is 10.1. The standard InChI is InChI=1S/C16H10N2/c1-3-7-13-11(5-1)9-15-16(17-13)10-12-6-2-4-8-14(12)18-15/h1-10H. The summed E-state index contributed by atoms with van der Waals surface area (Å²) in [4.78, 5) is 9.33. The van der Waals surface area contributed by atoms with Crippen LogP contribution in [-0.2, 0) is 0 Å². The SMILES string of the molecule is c1ccc2nc3cc4ccccc4nc3cc2c1. The molecule has 0 N–H and O–H groups in total. The van der Waals surface area contributed by atoms with Gasteiger partial charge in [-0.25, -0.2) is 9.97 Å². The average Bonchev–Trinajstić information content (AvgIpc) is 2.42. The Kier molecular flexibility index (Phi) is 1.86. The zero-order valence-electron chi connectivity index (χ0n) is 9.67. The van der Waals surface area contributed by atoms with Crippen LogP contribution in [0.1, 0.15) is 0 Å². The molecule has 0 atom stereocenters. The zero-order valence-corrected chi connectivity index (χ0v) is 9.67. The summed E-state index contributed by atoms with van der Waals surface area (Å²) in [7, 11) is 0. The van der Waals surface area contributed by atoms with E-state index in [1.54, 1.807) is 0 Å². The number of aromatic nitrogens is 2. The van der Waals surface area contributed by atoms with E-state index in [0.29, 0.717) is 0 Å². The fourth-order valence-corrected chi connectivity index (χ4v) is 2.30. The first-order valence-electron chi connectivity index (χ1n) is 5.95. The largest absolute Gasteiger partial charge is 0.246 e. The topological polar surface area (TPSA) is 25.8 Å². The van der Waals surface area contributed by atoms with Crippen molar-refractivity contribution in [3.05, 3.63) is 60.7 Å². The Hall–Kier alpha value is -2.48. The quantitative estimate of drug-likeness (QED) is 0.428. The van der Waals surface area contributed by atoms with Gasteiger partial charge in [0, 0.05) is 10.8 Å². The molecule has 2 aromatic heterocycles. The van der Waals surface area contributed by atoms with Crippen LogP contribution >= 0.6 is 0 Å². The van der Waals surface area contributed by atoms with Gasteiger partial charge in [0.15, 0.2) is 0 Å². The lowest BCUT2D eigenvalue weighted by molar-refractivity contribution is 1.43. The molecule has 0 aliphatic heterocycles. The molecule has 0 saturated carbocycles. The Morgan fingerprint density at radius 1 is 0.500 bits per heavy atom. The molecule has 0 fully saturated rings. The second kappa shape index (κ2) is 3.50. The Morgan fingerprint density at radius 3 is 1.44 bits per heavy atom. The second-order valence-electron chi connectivity index (χ2n) is 4.40. The van der Waals surface area contributed by atoms with Crippen molar-refractivity contribution in [1.29, 1.82) is 0 Å². The van der Waals surface area contributed by atoms with Crippen LogP contribution in [0, 0.1) is 0 Å². The predicted octanol–water partition coefficient (Wildman–Crippen LogP) is 3.94. The van der Waals surface area contributed by atoms with Gasteiger partial charge >= 0.3 is 0 Å². The highest BCUT2D eigenvalue weighted by Crippen LogP contribution is 2.21. The van der Waals surface area contributed by atoms with E-state index in [1.807, 2.05) is 36.4 Å². The van der Waals surface area contributed by atoms with Crippen molar-refractivity contribution in [2.24, 2.45) is 0 Å². The fourth-order valence-electron chi connectivity index (χ4n) is 2.30. The van der Waals surface area contributed by atoms with Gasteiger partial charge in [-0.05, 0) is 24.3 Å². The Bertz CT molecular complexity index is 737. The number of para-hydroxylation sites is 2. The van der Waals surface area contributed by atoms with Crippen molar-refractivity contribution >= 4 is 32.8 Å². The fraction of sp³-hybridized carbons (Fsp3) is 0. The molecule has 84 valence electrons. The first kappa shape index (κ1) is 9.54. The Morgan fingerprint density at radius 2 is 0.944 bits per heavy atom. The minimum absolute atomic E-state index is 0.951. The van der Waals surface area contributed by atoms with Gasteiger partial charge in [-0.2, -0.15) is 0 Å². The number of nitrogens with zero attached hydrogens (tertiary/aromatic N) is 2. The molecule has 18 heavy (non-hydrogen) atoms. The van der Waals surface area contributed by atoms with Gasteiger partial charge in [0.2, 0.25) is 0 Å². The van der Waals surface area contributed by atoms with Gasteiger partial charge in [-0.15, -0.1) is 0 Å². The summed E-state index contributed by atoms with van der Waals surface area (Å²) < 4.78 is 0. The molecule has 0 radical (unpaired) electrons. The zero-order chi connectivity index (χ0) is 11.9. The van der Waals surface area contributed by atoms with Crippen molar-refractivity contribution in [2.45, 2.75) is 0 Å². The molecule has 2 nitrogen and oxygen atoms in total. The molecule has 2 heteroatoms. The maximum Gasteiger partial charge on any atom is 0.0900 e. The van der Waals surface area contributed by atoms with Crippen LogP contribution in [0.25, 0.3) is 32.8 Å². The van der Waals surface area contributed by atoms with Crippen LogP contribution in [0.2, 0.25) is 0 Å². The van der Waals surface area contributed by atoms with Crippen LogP contribution in [0.4, 0.5) is 0 Å². The van der Waals surface area contributed by atoms with Crippen LogP contribution in [0.15, 0.2) is 60.7 Å². The molecule has 0 bridgehead atoms.